The molecule has 7 nitrogen and oxygen atoms in total. The molecule has 1 saturated carbocycles. The van der Waals surface area contributed by atoms with E-state index in [1.807, 2.05) is 0 Å². The second kappa shape index (κ2) is 9.50. The molecule has 1 aliphatic rings. The van der Waals surface area contributed by atoms with Gasteiger partial charge in [0.25, 0.3) is 0 Å². The molecule has 0 unspecified atom stereocenters. The molecule has 2 rings (SSSR count). The zero-order valence-corrected chi connectivity index (χ0v) is 15.7. The van der Waals surface area contributed by atoms with Crippen LogP contribution >= 0.6 is 0 Å². The van der Waals surface area contributed by atoms with Gasteiger partial charge in [0.05, 0.1) is 20.2 Å². The van der Waals surface area contributed by atoms with Crippen molar-refractivity contribution in [2.45, 2.75) is 32.0 Å². The number of carbonyl (C=O) groups excluding carboxylic acids is 2. The Labute approximate surface area is 157 Å². The first-order valence-corrected chi connectivity index (χ1v) is 8.62. The number of alkyl halides is 2. The minimum atomic E-state index is -2.94. The van der Waals surface area contributed by atoms with Gasteiger partial charge in [-0.25, -0.2) is 0 Å². The summed E-state index contributed by atoms with van der Waals surface area (Å²) in [5.41, 5.74) is 0.707. The van der Waals surface area contributed by atoms with Gasteiger partial charge < -0.3 is 19.7 Å². The van der Waals surface area contributed by atoms with Crippen LogP contribution in [0, 0.1) is 0 Å². The summed E-state index contributed by atoms with van der Waals surface area (Å²) in [5.74, 6) is -0.146. The van der Waals surface area contributed by atoms with Gasteiger partial charge in [-0.15, -0.1) is 0 Å². The average molecular weight is 385 g/mol. The Hall–Kier alpha value is -2.42. The Morgan fingerprint density at radius 2 is 1.93 bits per heavy atom. The van der Waals surface area contributed by atoms with Gasteiger partial charge in [0, 0.05) is 19.6 Å². The van der Waals surface area contributed by atoms with Crippen LogP contribution in [0.5, 0.6) is 11.5 Å². The molecule has 1 fully saturated rings. The van der Waals surface area contributed by atoms with E-state index in [1.54, 1.807) is 31.1 Å². The molecule has 0 bridgehead atoms. The van der Waals surface area contributed by atoms with Crippen LogP contribution < -0.4 is 14.8 Å². The molecule has 0 radical (unpaired) electrons. The number of amides is 2. The first-order chi connectivity index (χ1) is 12.8. The fourth-order valence-corrected chi connectivity index (χ4v) is 2.52. The number of rotatable bonds is 10. The molecule has 0 spiro atoms. The molecule has 0 saturated heterocycles. The number of ether oxygens (including phenoxy) is 2. The fraction of sp³-hybridized carbons (Fsp3) is 0.556. The van der Waals surface area contributed by atoms with Gasteiger partial charge in [-0.2, -0.15) is 8.78 Å². The molecule has 0 heterocycles. The minimum Gasteiger partial charge on any atom is -0.493 e. The SMILES string of the molecule is COc1cc(CN(C)C(=O)CN(C)CC(=O)NC2CC2)ccc1OC(F)F. The van der Waals surface area contributed by atoms with Crippen LogP contribution in [-0.2, 0) is 16.1 Å². The van der Waals surface area contributed by atoms with Crippen LogP contribution in [0.25, 0.3) is 0 Å². The third-order valence-electron chi connectivity index (χ3n) is 4.05. The van der Waals surface area contributed by atoms with Gasteiger partial charge in [-0.1, -0.05) is 6.07 Å². The summed E-state index contributed by atoms with van der Waals surface area (Å²) < 4.78 is 34.2. The number of likely N-dealkylation sites (N-methyl/N-ethyl adjacent to an activating group) is 2. The molecule has 1 N–H and O–H groups in total. The second-order valence-corrected chi connectivity index (χ2v) is 6.63. The lowest BCUT2D eigenvalue weighted by Gasteiger charge is -2.22. The van der Waals surface area contributed by atoms with Crippen molar-refractivity contribution in [1.29, 1.82) is 0 Å². The maximum absolute atomic E-state index is 12.4. The highest BCUT2D eigenvalue weighted by atomic mass is 19.3. The van der Waals surface area contributed by atoms with Crippen molar-refractivity contribution in [2.75, 3.05) is 34.3 Å². The van der Waals surface area contributed by atoms with E-state index in [1.165, 1.54) is 18.1 Å². The second-order valence-electron chi connectivity index (χ2n) is 6.63. The highest BCUT2D eigenvalue weighted by Gasteiger charge is 2.24. The summed E-state index contributed by atoms with van der Waals surface area (Å²) >= 11 is 0. The lowest BCUT2D eigenvalue weighted by molar-refractivity contribution is -0.132. The zero-order valence-electron chi connectivity index (χ0n) is 15.7. The smallest absolute Gasteiger partial charge is 0.387 e. The summed E-state index contributed by atoms with van der Waals surface area (Å²) in [5, 5.41) is 2.87. The van der Waals surface area contributed by atoms with Crippen molar-refractivity contribution in [2.24, 2.45) is 0 Å². The Balaban J connectivity index is 1.86. The molecule has 1 aromatic rings. The number of nitrogens with zero attached hydrogens (tertiary/aromatic N) is 2. The molecule has 27 heavy (non-hydrogen) atoms. The van der Waals surface area contributed by atoms with Crippen LogP contribution in [0.4, 0.5) is 8.78 Å². The van der Waals surface area contributed by atoms with Crippen LogP contribution in [0.2, 0.25) is 0 Å². The quantitative estimate of drug-likeness (QED) is 0.660. The lowest BCUT2D eigenvalue weighted by atomic mass is 10.2. The highest BCUT2D eigenvalue weighted by Crippen LogP contribution is 2.29. The first kappa shape index (κ1) is 20.9. The monoisotopic (exact) mass is 385 g/mol. The Kier molecular flexibility index (Phi) is 7.35. The summed E-state index contributed by atoms with van der Waals surface area (Å²) in [6, 6.07) is 4.81. The van der Waals surface area contributed by atoms with E-state index < -0.39 is 6.61 Å². The topological polar surface area (TPSA) is 71.1 Å². The summed E-state index contributed by atoms with van der Waals surface area (Å²) in [6.45, 7) is -2.42. The number of hydrogen-bond donors (Lipinski definition) is 1. The summed E-state index contributed by atoms with van der Waals surface area (Å²) in [6.07, 6.45) is 2.03. The molecule has 150 valence electrons. The predicted molar refractivity (Wildman–Crippen MR) is 94.8 cm³/mol. The Morgan fingerprint density at radius 3 is 2.52 bits per heavy atom. The van der Waals surface area contributed by atoms with Gasteiger partial charge in [0.1, 0.15) is 0 Å². The van der Waals surface area contributed by atoms with E-state index in [2.05, 4.69) is 10.1 Å². The van der Waals surface area contributed by atoms with Gasteiger partial charge in [-0.3, -0.25) is 14.5 Å². The van der Waals surface area contributed by atoms with E-state index >= 15 is 0 Å². The van der Waals surface area contributed by atoms with Crippen molar-refractivity contribution < 1.29 is 27.8 Å². The zero-order chi connectivity index (χ0) is 20.0. The third-order valence-corrected chi connectivity index (χ3v) is 4.05. The lowest BCUT2D eigenvalue weighted by Crippen LogP contribution is -2.41. The van der Waals surface area contributed by atoms with Crippen LogP contribution in [0.3, 0.4) is 0 Å². The van der Waals surface area contributed by atoms with Crippen molar-refractivity contribution >= 4 is 11.8 Å². The van der Waals surface area contributed by atoms with Crippen molar-refractivity contribution in [3.8, 4) is 11.5 Å². The first-order valence-electron chi connectivity index (χ1n) is 8.62. The molecule has 1 aromatic carbocycles. The number of halogens is 2. The van der Waals surface area contributed by atoms with Crippen molar-refractivity contribution in [3.05, 3.63) is 23.8 Å². The van der Waals surface area contributed by atoms with Crippen LogP contribution in [-0.4, -0.2) is 68.6 Å². The number of methoxy groups -OCH3 is 1. The predicted octanol–water partition coefficient (Wildman–Crippen LogP) is 1.47. The summed E-state index contributed by atoms with van der Waals surface area (Å²) in [7, 11) is 4.70. The van der Waals surface area contributed by atoms with E-state index in [0.717, 1.165) is 12.8 Å². The maximum atomic E-state index is 12.4. The Morgan fingerprint density at radius 1 is 1.22 bits per heavy atom. The van der Waals surface area contributed by atoms with Crippen LogP contribution in [0.1, 0.15) is 18.4 Å². The van der Waals surface area contributed by atoms with Gasteiger partial charge >= 0.3 is 6.61 Å². The van der Waals surface area contributed by atoms with Crippen molar-refractivity contribution in [1.82, 2.24) is 15.1 Å². The van der Waals surface area contributed by atoms with Crippen LogP contribution in [0.15, 0.2) is 18.2 Å². The van der Waals surface area contributed by atoms with Gasteiger partial charge in [-0.05, 0) is 37.6 Å². The molecular weight excluding hydrogens is 360 g/mol. The highest BCUT2D eigenvalue weighted by molar-refractivity contribution is 5.81. The molecule has 9 heteroatoms. The molecule has 0 atom stereocenters. The molecule has 0 aromatic heterocycles. The number of hydrogen-bond acceptors (Lipinski definition) is 5. The maximum Gasteiger partial charge on any atom is 0.387 e. The molecule has 0 aliphatic heterocycles. The largest absolute Gasteiger partial charge is 0.493 e. The minimum absolute atomic E-state index is 0.0633. The van der Waals surface area contributed by atoms with E-state index in [9.17, 15) is 18.4 Å². The normalized spacial score (nSPS) is 13.6. The third kappa shape index (κ3) is 7.01. The van der Waals surface area contributed by atoms with E-state index in [-0.39, 0.29) is 49.0 Å². The number of benzene rings is 1. The van der Waals surface area contributed by atoms with Gasteiger partial charge in [0.15, 0.2) is 11.5 Å². The Bertz CT molecular complexity index is 668. The average Bonchev–Trinajstić information content (AvgIpc) is 3.39. The molecule has 2 amide bonds. The van der Waals surface area contributed by atoms with Crippen molar-refractivity contribution in [3.63, 3.8) is 0 Å². The number of carbonyl (C=O) groups is 2. The summed E-state index contributed by atoms with van der Waals surface area (Å²) in [4.78, 5) is 27.3. The fourth-order valence-electron chi connectivity index (χ4n) is 2.52. The number of nitrogens with one attached hydrogen (secondary N) is 1. The molecular formula is C18H25F2N3O4. The van der Waals surface area contributed by atoms with Gasteiger partial charge in [0.2, 0.25) is 11.8 Å². The molecule has 1 aliphatic carbocycles. The standard InChI is InChI=1S/C18H25F2N3O4/c1-22(10-16(24)21-13-5-6-13)11-17(25)23(2)9-12-4-7-14(27-18(19)20)15(8-12)26-3/h4,7-8,13,18H,5-6,9-11H2,1-3H3,(H,21,24). The van der Waals surface area contributed by atoms with E-state index in [4.69, 9.17) is 4.74 Å². The van der Waals surface area contributed by atoms with E-state index in [0.29, 0.717) is 5.56 Å².